The quantitative estimate of drug-likeness (QED) is 0.400. The first-order valence-corrected chi connectivity index (χ1v) is 12.2. The minimum Gasteiger partial charge on any atom is -0.372 e. The van der Waals surface area contributed by atoms with E-state index in [1.807, 2.05) is 44.3 Å². The van der Waals surface area contributed by atoms with E-state index < -0.39 is 0 Å². The van der Waals surface area contributed by atoms with Gasteiger partial charge < -0.3 is 14.4 Å². The van der Waals surface area contributed by atoms with E-state index in [0.717, 1.165) is 41.7 Å². The van der Waals surface area contributed by atoms with Crippen LogP contribution in [0.3, 0.4) is 0 Å². The molecule has 1 heterocycles. The van der Waals surface area contributed by atoms with Crippen molar-refractivity contribution in [3.63, 3.8) is 0 Å². The minimum absolute atomic E-state index is 0.0215. The Kier molecular flexibility index (Phi) is 8.33. The fourth-order valence-electron chi connectivity index (χ4n) is 3.70. The van der Waals surface area contributed by atoms with Gasteiger partial charge in [0.25, 0.3) is 0 Å². The van der Waals surface area contributed by atoms with Gasteiger partial charge in [-0.2, -0.15) is 0 Å². The third kappa shape index (κ3) is 5.33. The lowest BCUT2D eigenvalue weighted by atomic mass is 10.1. The van der Waals surface area contributed by atoms with Crippen molar-refractivity contribution in [1.82, 2.24) is 19.7 Å². The van der Waals surface area contributed by atoms with Gasteiger partial charge in [0, 0.05) is 37.9 Å². The Labute approximate surface area is 195 Å². The Bertz CT molecular complexity index is 999. The number of hydrogen-bond acceptors (Lipinski definition) is 5. The molecule has 1 amide bonds. The number of carbonyl (C=O) groups excluding carboxylic acids is 1. The lowest BCUT2D eigenvalue weighted by molar-refractivity contribution is -0.128. The number of aromatic nitrogens is 3. The number of rotatable bonds is 10. The van der Waals surface area contributed by atoms with Crippen LogP contribution in [-0.2, 0) is 11.3 Å². The van der Waals surface area contributed by atoms with Crippen molar-refractivity contribution in [2.24, 2.45) is 0 Å². The molecule has 0 saturated heterocycles. The van der Waals surface area contributed by atoms with Crippen LogP contribution >= 0.6 is 11.8 Å². The van der Waals surface area contributed by atoms with Gasteiger partial charge in [0.2, 0.25) is 5.91 Å². The second-order valence-electron chi connectivity index (χ2n) is 7.65. The van der Waals surface area contributed by atoms with E-state index in [9.17, 15) is 4.79 Å². The Hall–Kier alpha value is -2.80. The Balaban J connectivity index is 1.69. The molecular formula is C25H33N5OS. The van der Waals surface area contributed by atoms with Gasteiger partial charge >= 0.3 is 0 Å². The van der Waals surface area contributed by atoms with Gasteiger partial charge in [-0.1, -0.05) is 42.1 Å². The van der Waals surface area contributed by atoms with E-state index in [0.29, 0.717) is 5.75 Å². The van der Waals surface area contributed by atoms with E-state index in [4.69, 9.17) is 0 Å². The van der Waals surface area contributed by atoms with E-state index in [1.54, 1.807) is 4.90 Å². The predicted octanol–water partition coefficient (Wildman–Crippen LogP) is 5.12. The fraction of sp³-hybridized carbons (Fsp3) is 0.400. The van der Waals surface area contributed by atoms with Crippen molar-refractivity contribution in [2.75, 3.05) is 30.8 Å². The Morgan fingerprint density at radius 2 is 1.66 bits per heavy atom. The van der Waals surface area contributed by atoms with Crippen LogP contribution in [0, 0.1) is 0 Å². The largest absolute Gasteiger partial charge is 0.372 e. The van der Waals surface area contributed by atoms with E-state index in [1.165, 1.54) is 17.4 Å². The molecule has 0 aliphatic rings. The predicted molar refractivity (Wildman–Crippen MR) is 133 cm³/mol. The van der Waals surface area contributed by atoms with E-state index in [2.05, 4.69) is 64.7 Å². The third-order valence-electron chi connectivity index (χ3n) is 5.87. The first kappa shape index (κ1) is 23.9. The van der Waals surface area contributed by atoms with Crippen LogP contribution in [0.4, 0.5) is 5.69 Å². The zero-order valence-corrected chi connectivity index (χ0v) is 20.5. The molecule has 1 aromatic heterocycles. The summed E-state index contributed by atoms with van der Waals surface area (Å²) in [6, 6.07) is 18.6. The molecule has 7 heteroatoms. The molecule has 0 N–H and O–H groups in total. The SMILES string of the molecule is CCN(CC)c1ccc(-c2nnc(SCC(=O)N(C)[C@H](C)c3ccccc3)n2CC)cc1. The summed E-state index contributed by atoms with van der Waals surface area (Å²) in [4.78, 5) is 16.9. The summed E-state index contributed by atoms with van der Waals surface area (Å²) in [6.07, 6.45) is 0. The zero-order valence-electron chi connectivity index (χ0n) is 19.7. The van der Waals surface area contributed by atoms with E-state index in [-0.39, 0.29) is 11.9 Å². The third-order valence-corrected chi connectivity index (χ3v) is 6.82. The van der Waals surface area contributed by atoms with Gasteiger partial charge in [0.15, 0.2) is 11.0 Å². The monoisotopic (exact) mass is 451 g/mol. The molecule has 0 aliphatic heterocycles. The lowest BCUT2D eigenvalue weighted by Crippen LogP contribution is -2.31. The summed E-state index contributed by atoms with van der Waals surface area (Å²) >= 11 is 1.44. The van der Waals surface area contributed by atoms with Gasteiger partial charge in [-0.05, 0) is 57.5 Å². The summed E-state index contributed by atoms with van der Waals surface area (Å²) in [5, 5.41) is 9.58. The second-order valence-corrected chi connectivity index (χ2v) is 8.59. The van der Waals surface area contributed by atoms with Crippen LogP contribution < -0.4 is 4.90 Å². The number of thioether (sulfide) groups is 1. The highest BCUT2D eigenvalue weighted by Crippen LogP contribution is 2.27. The molecule has 0 unspecified atom stereocenters. The first-order valence-electron chi connectivity index (χ1n) is 11.2. The summed E-state index contributed by atoms with van der Waals surface area (Å²) in [6.45, 7) is 11.1. The van der Waals surface area contributed by atoms with E-state index >= 15 is 0 Å². The summed E-state index contributed by atoms with van der Waals surface area (Å²) in [5.41, 5.74) is 3.36. The molecule has 3 aromatic rings. The maximum Gasteiger partial charge on any atom is 0.233 e. The molecule has 0 aliphatic carbocycles. The molecule has 0 spiro atoms. The van der Waals surface area contributed by atoms with Crippen LogP contribution in [0.2, 0.25) is 0 Å². The highest BCUT2D eigenvalue weighted by molar-refractivity contribution is 7.99. The van der Waals surface area contributed by atoms with Crippen molar-refractivity contribution in [3.8, 4) is 11.4 Å². The molecule has 32 heavy (non-hydrogen) atoms. The maximum atomic E-state index is 12.8. The summed E-state index contributed by atoms with van der Waals surface area (Å²) in [7, 11) is 1.86. The van der Waals surface area contributed by atoms with Gasteiger partial charge in [0.1, 0.15) is 0 Å². The fourth-order valence-corrected chi connectivity index (χ4v) is 4.63. The molecule has 2 aromatic carbocycles. The lowest BCUT2D eigenvalue weighted by Gasteiger charge is -2.25. The van der Waals surface area contributed by atoms with Crippen LogP contribution in [0.1, 0.15) is 39.3 Å². The van der Waals surface area contributed by atoms with Crippen LogP contribution in [0.15, 0.2) is 59.8 Å². The number of amides is 1. The number of carbonyl (C=O) groups is 1. The molecule has 0 bridgehead atoms. The molecular weight excluding hydrogens is 418 g/mol. The van der Waals surface area contributed by atoms with Crippen molar-refractivity contribution >= 4 is 23.4 Å². The molecule has 0 saturated carbocycles. The molecule has 6 nitrogen and oxygen atoms in total. The highest BCUT2D eigenvalue weighted by Gasteiger charge is 2.20. The topological polar surface area (TPSA) is 54.3 Å². The number of nitrogens with zero attached hydrogens (tertiary/aromatic N) is 5. The number of anilines is 1. The number of hydrogen-bond donors (Lipinski definition) is 0. The molecule has 170 valence electrons. The Morgan fingerprint density at radius 1 is 1.00 bits per heavy atom. The number of benzene rings is 2. The maximum absolute atomic E-state index is 12.8. The highest BCUT2D eigenvalue weighted by atomic mass is 32.2. The smallest absolute Gasteiger partial charge is 0.233 e. The molecule has 0 radical (unpaired) electrons. The van der Waals surface area contributed by atoms with Crippen LogP contribution in [0.5, 0.6) is 0 Å². The van der Waals surface area contributed by atoms with Gasteiger partial charge in [-0.15, -0.1) is 10.2 Å². The summed E-state index contributed by atoms with van der Waals surface area (Å²) < 4.78 is 2.07. The molecule has 1 atom stereocenters. The standard InChI is InChI=1S/C25H33N5OS/c1-6-29(7-2)22-16-14-21(15-17-22)24-26-27-25(30(24)8-3)32-18-23(31)28(5)19(4)20-12-10-9-11-13-20/h9-17,19H,6-8,18H2,1-5H3/t19-/m1/s1. The first-order chi connectivity index (χ1) is 15.5. The van der Waals surface area contributed by atoms with Crippen molar-refractivity contribution in [2.45, 2.75) is 45.4 Å². The average Bonchev–Trinajstić information content (AvgIpc) is 3.26. The average molecular weight is 452 g/mol. The van der Waals surface area contributed by atoms with Crippen LogP contribution in [-0.4, -0.2) is 51.5 Å². The van der Waals surface area contributed by atoms with Crippen molar-refractivity contribution in [1.29, 1.82) is 0 Å². The van der Waals surface area contributed by atoms with Crippen LogP contribution in [0.25, 0.3) is 11.4 Å². The second kappa shape index (κ2) is 11.2. The van der Waals surface area contributed by atoms with Gasteiger partial charge in [-0.25, -0.2) is 0 Å². The normalized spacial score (nSPS) is 11.9. The van der Waals surface area contributed by atoms with Gasteiger partial charge in [0.05, 0.1) is 11.8 Å². The molecule has 3 rings (SSSR count). The minimum atomic E-state index is 0.0215. The van der Waals surface area contributed by atoms with Crippen molar-refractivity contribution < 1.29 is 4.79 Å². The van der Waals surface area contributed by atoms with Crippen molar-refractivity contribution in [3.05, 3.63) is 60.2 Å². The zero-order chi connectivity index (χ0) is 23.1. The summed E-state index contributed by atoms with van der Waals surface area (Å²) in [5.74, 6) is 1.23. The molecule has 0 fully saturated rings. The van der Waals surface area contributed by atoms with Gasteiger partial charge in [-0.3, -0.25) is 4.79 Å². The Morgan fingerprint density at radius 3 is 2.25 bits per heavy atom.